The molecule has 1 aliphatic heterocycles. The molecule has 1 amide bonds. The monoisotopic (exact) mass is 407 g/mol. The van der Waals surface area contributed by atoms with Crippen LogP contribution in [0, 0.1) is 19.8 Å². The number of aryl methyl sites for hydroxylation is 2. The number of anilines is 1. The first kappa shape index (κ1) is 19.5. The Hall–Kier alpha value is -2.86. The number of hydrogen-bond acceptors (Lipinski definition) is 4. The lowest BCUT2D eigenvalue weighted by Gasteiger charge is -2.19. The molecule has 0 aliphatic carbocycles. The molecule has 0 radical (unpaired) electrons. The van der Waals surface area contributed by atoms with E-state index >= 15 is 0 Å². The number of rotatable bonds is 4. The van der Waals surface area contributed by atoms with E-state index in [2.05, 4.69) is 61.2 Å². The minimum atomic E-state index is -0.125. The zero-order chi connectivity index (χ0) is 20.5. The average Bonchev–Trinajstić information content (AvgIpc) is 3.02. The predicted molar refractivity (Wildman–Crippen MR) is 118 cm³/mol. The third-order valence-electron chi connectivity index (χ3n) is 4.68. The first-order valence-corrected chi connectivity index (χ1v) is 10.7. The van der Waals surface area contributed by atoms with Crippen molar-refractivity contribution >= 4 is 28.6 Å². The number of hydrogen-bond donors (Lipinski definition) is 1. The fourth-order valence-electron chi connectivity index (χ4n) is 3.56. The quantitative estimate of drug-likeness (QED) is 0.658. The van der Waals surface area contributed by atoms with Gasteiger partial charge in [-0.1, -0.05) is 19.9 Å². The lowest BCUT2D eigenvalue weighted by atomic mass is 10.1. The summed E-state index contributed by atoms with van der Waals surface area (Å²) in [5.74, 6) is 1.06. The van der Waals surface area contributed by atoms with E-state index < -0.39 is 0 Å². The van der Waals surface area contributed by atoms with Crippen LogP contribution in [-0.2, 0) is 11.3 Å². The van der Waals surface area contributed by atoms with Gasteiger partial charge in [-0.05, 0) is 61.2 Å². The number of carbonyl (C=O) groups is 1. The van der Waals surface area contributed by atoms with Gasteiger partial charge in [0.25, 0.3) is 5.91 Å². The summed E-state index contributed by atoms with van der Waals surface area (Å²) < 4.78 is 7.76. The van der Waals surface area contributed by atoms with E-state index in [1.807, 2.05) is 18.2 Å². The van der Waals surface area contributed by atoms with Gasteiger partial charge in [0.15, 0.2) is 11.4 Å². The topological polar surface area (TPSA) is 55.6 Å². The molecule has 5 nitrogen and oxygen atoms in total. The first-order chi connectivity index (χ1) is 13.9. The van der Waals surface area contributed by atoms with E-state index in [1.165, 1.54) is 11.1 Å². The van der Waals surface area contributed by atoms with E-state index in [0.29, 0.717) is 17.4 Å². The summed E-state index contributed by atoms with van der Waals surface area (Å²) in [5, 5.41) is 5.03. The normalized spacial score (nSPS) is 14.0. The van der Waals surface area contributed by atoms with Crippen LogP contribution in [0.1, 0.15) is 25.0 Å². The Bertz CT molecular complexity index is 1120. The molecule has 0 bridgehead atoms. The Morgan fingerprint density at radius 2 is 1.93 bits per heavy atom. The molecule has 1 N–H and O–H groups in total. The zero-order valence-corrected chi connectivity index (χ0v) is 18.0. The number of nitrogens with zero attached hydrogens (tertiary/aromatic N) is 2. The van der Waals surface area contributed by atoms with Gasteiger partial charge in [-0.2, -0.15) is 0 Å². The number of benzene rings is 2. The van der Waals surface area contributed by atoms with Crippen molar-refractivity contribution in [1.82, 2.24) is 4.57 Å². The van der Waals surface area contributed by atoms with Crippen LogP contribution in [-0.4, -0.2) is 17.1 Å². The third kappa shape index (κ3) is 4.27. The van der Waals surface area contributed by atoms with Crippen molar-refractivity contribution in [3.8, 4) is 17.0 Å². The first-order valence-electron chi connectivity index (χ1n) is 9.77. The Kier molecular flexibility index (Phi) is 5.28. The molecule has 0 fully saturated rings. The van der Waals surface area contributed by atoms with Crippen LogP contribution < -0.4 is 14.9 Å². The molecule has 1 aromatic heterocycles. The highest BCUT2D eigenvalue weighted by atomic mass is 32.1. The van der Waals surface area contributed by atoms with Crippen molar-refractivity contribution < 1.29 is 9.53 Å². The van der Waals surface area contributed by atoms with E-state index in [1.54, 1.807) is 11.3 Å². The van der Waals surface area contributed by atoms with Crippen LogP contribution in [0.25, 0.3) is 11.3 Å². The van der Waals surface area contributed by atoms with Gasteiger partial charge in [0, 0.05) is 17.5 Å². The fourth-order valence-corrected chi connectivity index (χ4v) is 4.50. The second-order valence-electron chi connectivity index (χ2n) is 7.91. The van der Waals surface area contributed by atoms with Crippen LogP contribution in [0.2, 0.25) is 0 Å². The van der Waals surface area contributed by atoms with Gasteiger partial charge in [0.1, 0.15) is 5.75 Å². The Morgan fingerprint density at radius 3 is 2.66 bits per heavy atom. The van der Waals surface area contributed by atoms with Gasteiger partial charge < -0.3 is 14.6 Å². The number of ether oxygens (including phenoxy) is 1. The SMILES string of the molecule is Cc1cc(C)cc(N=c2scc(-c3ccc4c(c3)NC(=O)CO4)n2CC(C)C)c1. The van der Waals surface area contributed by atoms with Gasteiger partial charge >= 0.3 is 0 Å². The van der Waals surface area contributed by atoms with Crippen molar-refractivity contribution in [2.45, 2.75) is 34.2 Å². The third-order valence-corrected chi connectivity index (χ3v) is 5.55. The number of aromatic nitrogens is 1. The molecule has 2 aromatic carbocycles. The van der Waals surface area contributed by atoms with Gasteiger partial charge in [-0.3, -0.25) is 4.79 Å². The summed E-state index contributed by atoms with van der Waals surface area (Å²) in [6.45, 7) is 9.53. The molecule has 2 heterocycles. The predicted octanol–water partition coefficient (Wildman–Crippen LogP) is 5.05. The largest absolute Gasteiger partial charge is 0.482 e. The Labute approximate surface area is 174 Å². The molecular weight excluding hydrogens is 382 g/mol. The van der Waals surface area contributed by atoms with E-state index in [0.717, 1.165) is 28.3 Å². The van der Waals surface area contributed by atoms with Crippen LogP contribution >= 0.6 is 11.3 Å². The summed E-state index contributed by atoms with van der Waals surface area (Å²) in [6.07, 6.45) is 0. The summed E-state index contributed by atoms with van der Waals surface area (Å²) in [5.41, 5.74) is 6.24. The van der Waals surface area contributed by atoms with Crippen molar-refractivity contribution in [3.63, 3.8) is 0 Å². The minimum absolute atomic E-state index is 0.0666. The van der Waals surface area contributed by atoms with Crippen LogP contribution in [0.5, 0.6) is 5.75 Å². The van der Waals surface area contributed by atoms with Gasteiger partial charge in [-0.15, -0.1) is 11.3 Å². The molecule has 0 spiro atoms. The molecule has 0 saturated carbocycles. The molecule has 1 aliphatic rings. The van der Waals surface area contributed by atoms with Crippen molar-refractivity contribution in [2.75, 3.05) is 11.9 Å². The lowest BCUT2D eigenvalue weighted by Crippen LogP contribution is -2.25. The molecule has 0 atom stereocenters. The van der Waals surface area contributed by atoms with Crippen molar-refractivity contribution in [3.05, 3.63) is 57.7 Å². The van der Waals surface area contributed by atoms with Crippen molar-refractivity contribution in [1.29, 1.82) is 0 Å². The maximum Gasteiger partial charge on any atom is 0.262 e. The number of nitrogens with one attached hydrogen (secondary N) is 1. The van der Waals surface area contributed by atoms with Crippen LogP contribution in [0.4, 0.5) is 11.4 Å². The molecule has 3 aromatic rings. The summed E-state index contributed by atoms with van der Waals surface area (Å²) in [4.78, 5) is 17.6. The molecule has 0 unspecified atom stereocenters. The molecule has 0 saturated heterocycles. The molecular formula is C23H25N3O2S. The highest BCUT2D eigenvalue weighted by Gasteiger charge is 2.18. The molecule has 150 valence electrons. The van der Waals surface area contributed by atoms with Gasteiger partial charge in [0.2, 0.25) is 0 Å². The zero-order valence-electron chi connectivity index (χ0n) is 17.2. The minimum Gasteiger partial charge on any atom is -0.482 e. The second kappa shape index (κ2) is 7.87. The lowest BCUT2D eigenvalue weighted by molar-refractivity contribution is -0.118. The summed E-state index contributed by atoms with van der Waals surface area (Å²) >= 11 is 1.64. The summed E-state index contributed by atoms with van der Waals surface area (Å²) in [6, 6.07) is 12.3. The van der Waals surface area contributed by atoms with Crippen LogP contribution in [0.3, 0.4) is 0 Å². The van der Waals surface area contributed by atoms with Crippen LogP contribution in [0.15, 0.2) is 46.8 Å². The number of carbonyl (C=O) groups excluding carboxylic acids is 1. The fraction of sp³-hybridized carbons (Fsp3) is 0.304. The van der Waals surface area contributed by atoms with E-state index in [-0.39, 0.29) is 12.5 Å². The molecule has 6 heteroatoms. The average molecular weight is 408 g/mol. The number of thiazole rings is 1. The standard InChI is InChI=1S/C23H25N3O2S/c1-14(2)11-26-20(17-5-6-21-19(10-17)25-22(27)12-28-21)13-29-23(26)24-18-8-15(3)7-16(4)9-18/h5-10,13-14H,11-12H2,1-4H3,(H,25,27). The molecule has 29 heavy (non-hydrogen) atoms. The smallest absolute Gasteiger partial charge is 0.262 e. The molecule has 4 rings (SSSR count). The van der Waals surface area contributed by atoms with Crippen molar-refractivity contribution in [2.24, 2.45) is 10.9 Å². The van der Waals surface area contributed by atoms with Gasteiger partial charge in [0.05, 0.1) is 17.1 Å². The van der Waals surface area contributed by atoms with E-state index in [9.17, 15) is 4.79 Å². The highest BCUT2D eigenvalue weighted by Crippen LogP contribution is 2.33. The Balaban J connectivity index is 1.82. The number of amides is 1. The second-order valence-corrected chi connectivity index (χ2v) is 8.75. The van der Waals surface area contributed by atoms with Gasteiger partial charge in [-0.25, -0.2) is 4.99 Å². The maximum absolute atomic E-state index is 11.7. The number of fused-ring (bicyclic) bond motifs is 1. The Morgan fingerprint density at radius 1 is 1.17 bits per heavy atom. The summed E-state index contributed by atoms with van der Waals surface area (Å²) in [7, 11) is 0. The maximum atomic E-state index is 11.7. The highest BCUT2D eigenvalue weighted by molar-refractivity contribution is 7.07. The van der Waals surface area contributed by atoms with E-state index in [4.69, 9.17) is 9.73 Å².